The van der Waals surface area contributed by atoms with E-state index in [4.69, 9.17) is 4.74 Å². The molecule has 0 bridgehead atoms. The lowest BCUT2D eigenvalue weighted by Gasteiger charge is -2.18. The van der Waals surface area contributed by atoms with Crippen LogP contribution < -0.4 is 4.74 Å². The minimum Gasteiger partial charge on any atom is -0.477 e. The number of carbonyl (C=O) groups excluding carboxylic acids is 1. The smallest absolute Gasteiger partial charge is 0.216 e. The average Bonchev–Trinajstić information content (AvgIpc) is 2.49. The van der Waals surface area contributed by atoms with Gasteiger partial charge < -0.3 is 9.84 Å². The van der Waals surface area contributed by atoms with Crippen molar-refractivity contribution in [2.24, 2.45) is 0 Å². The summed E-state index contributed by atoms with van der Waals surface area (Å²) in [5.41, 5.74) is 4.68. The van der Waals surface area contributed by atoms with Crippen LogP contribution in [0.4, 0.5) is 0 Å². The lowest BCUT2D eigenvalue weighted by Crippen LogP contribution is -2.22. The van der Waals surface area contributed by atoms with E-state index in [9.17, 15) is 9.90 Å². The van der Waals surface area contributed by atoms with Crippen molar-refractivity contribution in [3.63, 3.8) is 0 Å². The summed E-state index contributed by atoms with van der Waals surface area (Å²) < 4.78 is 5.73. The van der Waals surface area contributed by atoms with Gasteiger partial charge in [0.05, 0.1) is 12.2 Å². The van der Waals surface area contributed by atoms with Gasteiger partial charge in [-0.2, -0.15) is 0 Å². The number of aliphatic hydroxyl groups is 1. The summed E-state index contributed by atoms with van der Waals surface area (Å²) in [5.74, 6) is 0.588. The predicted octanol–water partition coefficient (Wildman–Crippen LogP) is 4.03. The van der Waals surface area contributed by atoms with Crippen LogP contribution >= 0.6 is 0 Å². The number of nitrogens with zero attached hydrogens (tertiary/aromatic N) is 1. The zero-order chi connectivity index (χ0) is 17.9. The predicted molar refractivity (Wildman–Crippen MR) is 95.7 cm³/mol. The summed E-state index contributed by atoms with van der Waals surface area (Å²) in [5, 5.41) is 9.76. The second-order valence-corrected chi connectivity index (χ2v) is 6.79. The fourth-order valence-electron chi connectivity index (χ4n) is 2.57. The molecule has 4 nitrogen and oxygen atoms in total. The minimum absolute atomic E-state index is 0.412. The summed E-state index contributed by atoms with van der Waals surface area (Å²) >= 11 is 0. The Balaban J connectivity index is 2.32. The van der Waals surface area contributed by atoms with Crippen LogP contribution in [-0.4, -0.2) is 28.6 Å². The highest BCUT2D eigenvalue weighted by molar-refractivity contribution is 5.83. The van der Waals surface area contributed by atoms with Gasteiger partial charge in [-0.1, -0.05) is 18.2 Å². The highest BCUT2D eigenvalue weighted by Gasteiger charge is 2.15. The maximum Gasteiger partial charge on any atom is 0.216 e. The molecule has 2 aromatic rings. The van der Waals surface area contributed by atoms with Crippen LogP contribution in [0.3, 0.4) is 0 Å². The monoisotopic (exact) mass is 327 g/mol. The number of rotatable bonds is 6. The zero-order valence-electron chi connectivity index (χ0n) is 15.0. The number of aldehydes is 1. The lowest BCUT2D eigenvalue weighted by molar-refractivity contribution is 0.0545. The molecule has 4 heteroatoms. The molecule has 0 radical (unpaired) electrons. The molecule has 0 spiro atoms. The van der Waals surface area contributed by atoms with Crippen molar-refractivity contribution in [2.45, 2.75) is 46.6 Å². The van der Waals surface area contributed by atoms with Crippen molar-refractivity contribution in [1.29, 1.82) is 0 Å². The summed E-state index contributed by atoms with van der Waals surface area (Å²) in [6.45, 7) is 9.76. The van der Waals surface area contributed by atoms with Crippen LogP contribution in [0.2, 0.25) is 0 Å². The molecule has 0 unspecified atom stereocenters. The van der Waals surface area contributed by atoms with Crippen LogP contribution in [0.1, 0.15) is 47.4 Å². The van der Waals surface area contributed by atoms with E-state index in [1.165, 1.54) is 0 Å². The summed E-state index contributed by atoms with van der Waals surface area (Å²) in [4.78, 5) is 15.7. The van der Waals surface area contributed by atoms with Crippen LogP contribution in [0, 0.1) is 20.8 Å². The molecule has 0 saturated carbocycles. The van der Waals surface area contributed by atoms with Crippen molar-refractivity contribution in [3.8, 4) is 17.0 Å². The number of benzene rings is 1. The third-order valence-electron chi connectivity index (χ3n) is 4.10. The van der Waals surface area contributed by atoms with Crippen molar-refractivity contribution in [3.05, 3.63) is 46.6 Å². The van der Waals surface area contributed by atoms with Crippen molar-refractivity contribution >= 4 is 6.29 Å². The first-order chi connectivity index (χ1) is 11.2. The number of aryl methyl sites for hydroxylation is 2. The Kier molecular flexibility index (Phi) is 5.40. The largest absolute Gasteiger partial charge is 0.477 e. The van der Waals surface area contributed by atoms with Gasteiger partial charge in [0.25, 0.3) is 0 Å². The number of carbonyl (C=O) groups is 1. The number of hydrogen-bond acceptors (Lipinski definition) is 4. The number of pyridine rings is 1. The highest BCUT2D eigenvalue weighted by Crippen LogP contribution is 2.31. The molecule has 0 aliphatic rings. The molecule has 24 heavy (non-hydrogen) atoms. The maximum absolute atomic E-state index is 11.2. The topological polar surface area (TPSA) is 59.4 Å². The van der Waals surface area contributed by atoms with E-state index in [0.29, 0.717) is 24.5 Å². The fourth-order valence-corrected chi connectivity index (χ4v) is 2.57. The zero-order valence-corrected chi connectivity index (χ0v) is 15.0. The summed E-state index contributed by atoms with van der Waals surface area (Å²) in [6.07, 6.45) is 1.41. The van der Waals surface area contributed by atoms with E-state index >= 15 is 0 Å². The van der Waals surface area contributed by atoms with Gasteiger partial charge in [-0.25, -0.2) is 4.98 Å². The van der Waals surface area contributed by atoms with Gasteiger partial charge in [0.2, 0.25) is 5.88 Å². The quantitative estimate of drug-likeness (QED) is 0.814. The van der Waals surface area contributed by atoms with Gasteiger partial charge in [-0.3, -0.25) is 4.79 Å². The third-order valence-corrected chi connectivity index (χ3v) is 4.10. The average molecular weight is 327 g/mol. The first-order valence-electron chi connectivity index (χ1n) is 8.11. The van der Waals surface area contributed by atoms with Gasteiger partial charge in [-0.05, 0) is 51.8 Å². The third kappa shape index (κ3) is 4.20. The molecule has 0 aliphatic carbocycles. The second-order valence-electron chi connectivity index (χ2n) is 6.79. The number of hydrogen-bond donors (Lipinski definition) is 1. The Bertz CT molecular complexity index is 745. The molecule has 2 rings (SSSR count). The molecule has 128 valence electrons. The Morgan fingerprint density at radius 2 is 1.92 bits per heavy atom. The van der Waals surface area contributed by atoms with Crippen molar-refractivity contribution in [2.75, 3.05) is 6.61 Å². The van der Waals surface area contributed by atoms with Crippen LogP contribution in [0.5, 0.6) is 5.88 Å². The summed E-state index contributed by atoms with van der Waals surface area (Å²) in [6, 6.07) is 7.74. The molecule has 0 amide bonds. The SMILES string of the molecule is Cc1cc(-c2cccc(C=O)c2C)c(C)nc1OCCC(C)(C)O. The molecule has 1 aromatic heterocycles. The molecule has 1 heterocycles. The molecule has 0 saturated heterocycles. The second kappa shape index (κ2) is 7.14. The highest BCUT2D eigenvalue weighted by atomic mass is 16.5. The van der Waals surface area contributed by atoms with E-state index in [2.05, 4.69) is 4.98 Å². The molecule has 1 N–H and O–H groups in total. The van der Waals surface area contributed by atoms with Crippen LogP contribution in [0.15, 0.2) is 24.3 Å². The fraction of sp³-hybridized carbons (Fsp3) is 0.400. The molecular formula is C20H25NO3. The van der Waals surface area contributed by atoms with Crippen molar-refractivity contribution < 1.29 is 14.6 Å². The number of aromatic nitrogens is 1. The molecule has 0 fully saturated rings. The summed E-state index contributed by atoms with van der Waals surface area (Å²) in [7, 11) is 0. The van der Waals surface area contributed by atoms with Gasteiger partial charge in [0.1, 0.15) is 6.29 Å². The first kappa shape index (κ1) is 18.1. The Labute approximate surface area is 143 Å². The molecule has 0 atom stereocenters. The Morgan fingerprint density at radius 3 is 2.54 bits per heavy atom. The van der Waals surface area contributed by atoms with E-state index in [-0.39, 0.29) is 0 Å². The van der Waals surface area contributed by atoms with Crippen LogP contribution in [0.25, 0.3) is 11.1 Å². The first-order valence-corrected chi connectivity index (χ1v) is 8.11. The van der Waals surface area contributed by atoms with Gasteiger partial charge >= 0.3 is 0 Å². The standard InChI is InChI=1S/C20H25NO3/c1-13-11-18(17-8-6-7-16(12-22)14(17)2)15(3)21-19(13)24-10-9-20(4,5)23/h6-8,11-12,23H,9-10H2,1-5H3. The minimum atomic E-state index is -0.755. The Hall–Kier alpha value is -2.20. The van der Waals surface area contributed by atoms with E-state index < -0.39 is 5.60 Å². The number of ether oxygens (including phenoxy) is 1. The Morgan fingerprint density at radius 1 is 1.21 bits per heavy atom. The molecule has 1 aromatic carbocycles. The van der Waals surface area contributed by atoms with Gasteiger partial charge in [-0.15, -0.1) is 0 Å². The van der Waals surface area contributed by atoms with Gasteiger partial charge in [0.15, 0.2) is 0 Å². The van der Waals surface area contributed by atoms with E-state index in [1.54, 1.807) is 13.8 Å². The van der Waals surface area contributed by atoms with E-state index in [0.717, 1.165) is 34.2 Å². The van der Waals surface area contributed by atoms with Gasteiger partial charge in [0, 0.05) is 28.8 Å². The lowest BCUT2D eigenvalue weighted by atomic mass is 9.95. The van der Waals surface area contributed by atoms with Crippen LogP contribution in [-0.2, 0) is 0 Å². The maximum atomic E-state index is 11.2. The molecular weight excluding hydrogens is 302 g/mol. The molecule has 0 aliphatic heterocycles. The van der Waals surface area contributed by atoms with E-state index in [1.807, 2.05) is 45.0 Å². The normalized spacial score (nSPS) is 11.4. The van der Waals surface area contributed by atoms with Crippen molar-refractivity contribution in [1.82, 2.24) is 4.98 Å².